The number of nitrogens with zero attached hydrogens (tertiary/aromatic N) is 1. The molecule has 0 unspecified atom stereocenters. The van der Waals surface area contributed by atoms with Gasteiger partial charge in [-0.05, 0) is 17.5 Å². The van der Waals surface area contributed by atoms with Gasteiger partial charge in [-0.1, -0.05) is 164 Å². The first kappa shape index (κ1) is 52.5. The van der Waals surface area contributed by atoms with Crippen LogP contribution in [0.3, 0.4) is 0 Å². The molecular weight excluding hydrogens is 831 g/mol. The van der Waals surface area contributed by atoms with Gasteiger partial charge in [0.2, 0.25) is 0 Å². The molecular formula is C53H77N7O6. The third-order valence-corrected chi connectivity index (χ3v) is 11.5. The fourth-order valence-electron chi connectivity index (χ4n) is 7.70. The van der Waals surface area contributed by atoms with Crippen LogP contribution < -0.4 is 50.8 Å². The maximum atomic E-state index is 13.5. The quantitative estimate of drug-likeness (QED) is 0.0166. The molecule has 0 spiro atoms. The summed E-state index contributed by atoms with van der Waals surface area (Å²) in [6, 6.07) is 28.3. The lowest BCUT2D eigenvalue weighted by Crippen LogP contribution is -2.44. The molecule has 4 aromatic rings. The Morgan fingerprint density at radius 3 is 1.27 bits per heavy atom. The topological polar surface area (TPSA) is 156 Å². The molecule has 66 heavy (non-hydrogen) atoms. The van der Waals surface area contributed by atoms with Gasteiger partial charge in [0.25, 0.3) is 0 Å². The highest BCUT2D eigenvalue weighted by Crippen LogP contribution is 2.27. The number of guanidine groups is 1. The summed E-state index contributed by atoms with van der Waals surface area (Å²) in [7, 11) is 6.26. The molecule has 0 radical (unpaired) electrons. The first-order chi connectivity index (χ1) is 32.3. The number of hydrogen-bond donors (Lipinski definition) is 6. The summed E-state index contributed by atoms with van der Waals surface area (Å²) in [5.41, 5.74) is 2.86. The molecule has 4 amide bonds. The number of carbonyl (C=O) groups is 2. The lowest BCUT2D eigenvalue weighted by molar-refractivity contribution is 0.248. The second kappa shape index (κ2) is 31.7. The van der Waals surface area contributed by atoms with E-state index in [1.165, 1.54) is 89.9 Å². The van der Waals surface area contributed by atoms with Gasteiger partial charge < -0.3 is 50.8 Å². The number of aliphatic imine (C=N–C) groups is 1. The minimum absolute atomic E-state index is 0.231. The van der Waals surface area contributed by atoms with E-state index in [2.05, 4.69) is 38.8 Å². The molecule has 360 valence electrons. The summed E-state index contributed by atoms with van der Waals surface area (Å²) in [6.45, 7) is 3.55. The largest absolute Gasteiger partial charge is 0.497 e. The zero-order valence-electron chi connectivity index (χ0n) is 40.2. The minimum Gasteiger partial charge on any atom is -0.497 e. The second-order valence-electron chi connectivity index (χ2n) is 16.6. The maximum Gasteiger partial charge on any atom is 0.319 e. The molecule has 0 saturated carbocycles. The third kappa shape index (κ3) is 20.8. The number of rotatable bonds is 31. The molecule has 0 aliphatic carbocycles. The van der Waals surface area contributed by atoms with Crippen LogP contribution in [0.15, 0.2) is 102 Å². The Morgan fingerprint density at radius 2 is 0.864 bits per heavy atom. The number of carbonyl (C=O) groups excluding carboxylic acids is 2. The molecule has 13 heteroatoms. The Bertz CT molecular complexity index is 1940. The normalized spacial score (nSPS) is 12.0. The summed E-state index contributed by atoms with van der Waals surface area (Å²) >= 11 is 0. The summed E-state index contributed by atoms with van der Waals surface area (Å²) in [6.07, 6.45) is 20.9. The molecule has 0 fully saturated rings. The number of urea groups is 2. The van der Waals surface area contributed by atoms with Crippen molar-refractivity contribution in [1.29, 1.82) is 0 Å². The van der Waals surface area contributed by atoms with Crippen LogP contribution in [0, 0.1) is 0 Å². The fourth-order valence-corrected chi connectivity index (χ4v) is 7.70. The van der Waals surface area contributed by atoms with Crippen LogP contribution >= 0.6 is 0 Å². The van der Waals surface area contributed by atoms with Crippen molar-refractivity contribution < 1.29 is 28.5 Å². The van der Waals surface area contributed by atoms with Gasteiger partial charge in [-0.25, -0.2) is 9.59 Å². The summed E-state index contributed by atoms with van der Waals surface area (Å²) < 4.78 is 21.6. The highest BCUT2D eigenvalue weighted by atomic mass is 16.5. The Hall–Kier alpha value is -6.11. The molecule has 4 rings (SSSR count). The summed E-state index contributed by atoms with van der Waals surface area (Å²) in [5.74, 6) is 2.80. The predicted octanol–water partition coefficient (Wildman–Crippen LogP) is 11.9. The van der Waals surface area contributed by atoms with Crippen molar-refractivity contribution in [1.82, 2.24) is 21.3 Å². The van der Waals surface area contributed by atoms with Gasteiger partial charge >= 0.3 is 12.1 Å². The summed E-state index contributed by atoms with van der Waals surface area (Å²) in [4.78, 5) is 32.1. The number of unbranched alkanes of at least 4 members (excludes halogenated alkanes) is 15. The van der Waals surface area contributed by atoms with Crippen molar-refractivity contribution in [3.8, 4) is 23.0 Å². The maximum absolute atomic E-state index is 13.5. The van der Waals surface area contributed by atoms with E-state index in [9.17, 15) is 9.59 Å². The van der Waals surface area contributed by atoms with E-state index in [1.807, 2.05) is 60.7 Å². The van der Waals surface area contributed by atoms with E-state index in [0.717, 1.165) is 24.0 Å². The van der Waals surface area contributed by atoms with Crippen LogP contribution in [0.2, 0.25) is 0 Å². The van der Waals surface area contributed by atoms with Crippen molar-refractivity contribution in [2.75, 3.05) is 58.7 Å². The predicted molar refractivity (Wildman–Crippen MR) is 270 cm³/mol. The van der Waals surface area contributed by atoms with Crippen LogP contribution in [0.5, 0.6) is 23.0 Å². The van der Waals surface area contributed by atoms with Gasteiger partial charge in [-0.2, -0.15) is 0 Å². The van der Waals surface area contributed by atoms with Gasteiger partial charge in [0.15, 0.2) is 5.96 Å². The highest BCUT2D eigenvalue weighted by molar-refractivity contribution is 5.91. The van der Waals surface area contributed by atoms with Crippen molar-refractivity contribution in [2.24, 2.45) is 4.99 Å². The van der Waals surface area contributed by atoms with E-state index in [-0.39, 0.29) is 6.54 Å². The van der Waals surface area contributed by atoms with Crippen molar-refractivity contribution in [2.45, 2.75) is 122 Å². The number of amides is 4. The molecule has 0 aliphatic heterocycles. The molecule has 6 N–H and O–H groups in total. The number of anilines is 2. The van der Waals surface area contributed by atoms with Crippen LogP contribution in [-0.2, 0) is 0 Å². The lowest BCUT2D eigenvalue weighted by atomic mass is 10.0. The van der Waals surface area contributed by atoms with E-state index in [1.54, 1.807) is 64.8 Å². The highest BCUT2D eigenvalue weighted by Gasteiger charge is 2.19. The van der Waals surface area contributed by atoms with Gasteiger partial charge in [0.05, 0.1) is 47.1 Å². The fraction of sp³-hybridized carbons (Fsp3) is 0.491. The molecule has 0 saturated heterocycles. The molecule has 0 aliphatic rings. The minimum atomic E-state index is -0.471. The van der Waals surface area contributed by atoms with Gasteiger partial charge in [0.1, 0.15) is 23.0 Å². The van der Waals surface area contributed by atoms with E-state index in [4.69, 9.17) is 23.9 Å². The van der Waals surface area contributed by atoms with E-state index in [0.29, 0.717) is 53.4 Å². The second-order valence-corrected chi connectivity index (χ2v) is 16.6. The van der Waals surface area contributed by atoms with Crippen LogP contribution in [-0.4, -0.2) is 66.1 Å². The Kier molecular flexibility index (Phi) is 25.2. The van der Waals surface area contributed by atoms with Gasteiger partial charge in [0, 0.05) is 60.9 Å². The van der Waals surface area contributed by atoms with Gasteiger partial charge in [-0.15, -0.1) is 0 Å². The monoisotopic (exact) mass is 908 g/mol. The number of methoxy groups -OCH3 is 4. The van der Waals surface area contributed by atoms with Crippen molar-refractivity contribution in [3.05, 3.63) is 108 Å². The Balaban J connectivity index is 1.40. The SMILES string of the molecule is CCCCCCCCCCCCCCCCCCNC(=NC[C@@H](NC(=O)Nc1cc(OC)cc(OC)c1)c1ccccc1)NC[C@@H](NC(=O)Nc1cc(OC)cc(OC)c1)c1ccccc1. The van der Waals surface area contributed by atoms with Crippen LogP contribution in [0.1, 0.15) is 133 Å². The molecule has 0 bridgehead atoms. The smallest absolute Gasteiger partial charge is 0.319 e. The number of ether oxygens (including phenoxy) is 4. The average Bonchev–Trinajstić information content (AvgIpc) is 3.34. The number of hydrogen-bond acceptors (Lipinski definition) is 7. The Morgan fingerprint density at radius 1 is 0.485 bits per heavy atom. The Labute approximate surface area is 394 Å². The molecule has 0 aromatic heterocycles. The number of benzene rings is 4. The van der Waals surface area contributed by atoms with Crippen molar-refractivity contribution >= 4 is 29.4 Å². The first-order valence-corrected chi connectivity index (χ1v) is 24.1. The van der Waals surface area contributed by atoms with E-state index < -0.39 is 24.1 Å². The number of nitrogens with one attached hydrogen (secondary N) is 6. The van der Waals surface area contributed by atoms with Crippen LogP contribution in [0.4, 0.5) is 21.0 Å². The molecule has 0 heterocycles. The zero-order chi connectivity index (χ0) is 47.0. The lowest BCUT2D eigenvalue weighted by Gasteiger charge is -2.23. The first-order valence-electron chi connectivity index (χ1n) is 24.1. The van der Waals surface area contributed by atoms with Gasteiger partial charge in [-0.3, -0.25) is 4.99 Å². The third-order valence-electron chi connectivity index (χ3n) is 11.5. The van der Waals surface area contributed by atoms with E-state index >= 15 is 0 Å². The molecule has 4 aromatic carbocycles. The average molecular weight is 908 g/mol. The van der Waals surface area contributed by atoms with Crippen molar-refractivity contribution in [3.63, 3.8) is 0 Å². The molecule has 13 nitrogen and oxygen atoms in total. The summed E-state index contributed by atoms with van der Waals surface area (Å²) in [5, 5.41) is 19.2. The van der Waals surface area contributed by atoms with Crippen LogP contribution in [0.25, 0.3) is 0 Å². The standard InChI is InChI=1S/C53H77N7O6/c1-6-7-8-9-10-11-12-13-14-15-16-17-18-19-20-27-32-54-51(55-39-49(41-28-23-21-24-29-41)59-52(61)57-43-33-45(63-2)37-46(34-43)64-3)56-40-50(42-30-25-22-26-31-42)60-53(62)58-44-35-47(65-4)38-48(36-44)66-5/h21-26,28-31,33-38,49-50H,6-20,27,32,39-40H2,1-5H3,(H2,54,55,56)(H2,57,59,61)(H2,58,60,62)/t49-,50-/m1/s1. The zero-order valence-corrected chi connectivity index (χ0v) is 40.2. The molecule has 2 atom stereocenters.